The van der Waals surface area contributed by atoms with Gasteiger partial charge in [0.15, 0.2) is 0 Å². The van der Waals surface area contributed by atoms with E-state index in [9.17, 15) is 9.59 Å². The van der Waals surface area contributed by atoms with Crippen LogP contribution < -0.4 is 11.1 Å². The molecule has 1 rings (SSSR count). The van der Waals surface area contributed by atoms with Gasteiger partial charge in [-0.05, 0) is 26.7 Å². The van der Waals surface area contributed by atoms with Crippen LogP contribution in [0.3, 0.4) is 0 Å². The summed E-state index contributed by atoms with van der Waals surface area (Å²) in [5.74, 6) is -0.655. The fourth-order valence-electron chi connectivity index (χ4n) is 2.08. The van der Waals surface area contributed by atoms with Crippen molar-refractivity contribution < 1.29 is 14.3 Å². The highest BCUT2D eigenvalue weighted by Gasteiger charge is 2.36. The predicted molar refractivity (Wildman–Crippen MR) is 64.2 cm³/mol. The van der Waals surface area contributed by atoms with Gasteiger partial charge in [0.2, 0.25) is 5.91 Å². The number of amides is 1. The summed E-state index contributed by atoms with van der Waals surface area (Å²) in [6.07, 6.45) is 4.44. The zero-order valence-corrected chi connectivity index (χ0v) is 10.6. The van der Waals surface area contributed by atoms with E-state index in [1.54, 1.807) is 13.8 Å². The first-order valence-corrected chi connectivity index (χ1v) is 6.26. The standard InChI is InChI=1S/C12H22N2O3/c1-3-17-10(15)9(2)14-11(16)12(13)7-5-4-6-8-12/h9H,3-8,13H2,1-2H3,(H,14,16). The normalized spacial score (nSPS) is 20.4. The van der Waals surface area contributed by atoms with E-state index in [1.807, 2.05) is 0 Å². The van der Waals surface area contributed by atoms with E-state index < -0.39 is 17.6 Å². The van der Waals surface area contributed by atoms with Crippen LogP contribution in [0.25, 0.3) is 0 Å². The van der Waals surface area contributed by atoms with Gasteiger partial charge in [-0.3, -0.25) is 4.79 Å². The second kappa shape index (κ2) is 6.00. The topological polar surface area (TPSA) is 81.4 Å². The minimum Gasteiger partial charge on any atom is -0.464 e. The summed E-state index contributed by atoms with van der Waals surface area (Å²) in [5.41, 5.74) is 5.25. The van der Waals surface area contributed by atoms with E-state index >= 15 is 0 Å². The minimum atomic E-state index is -0.807. The quantitative estimate of drug-likeness (QED) is 0.712. The van der Waals surface area contributed by atoms with Crippen LogP contribution in [0.15, 0.2) is 0 Å². The van der Waals surface area contributed by atoms with E-state index in [-0.39, 0.29) is 5.91 Å². The molecule has 0 spiro atoms. The lowest BCUT2D eigenvalue weighted by molar-refractivity contribution is -0.147. The molecule has 1 amide bonds. The number of hydrogen-bond donors (Lipinski definition) is 2. The number of carbonyl (C=O) groups is 2. The van der Waals surface area contributed by atoms with Crippen LogP contribution in [0.5, 0.6) is 0 Å². The fraction of sp³-hybridized carbons (Fsp3) is 0.833. The van der Waals surface area contributed by atoms with Crippen LogP contribution in [0.1, 0.15) is 46.0 Å². The van der Waals surface area contributed by atoms with Crippen molar-refractivity contribution in [1.82, 2.24) is 5.32 Å². The maximum atomic E-state index is 12.0. The molecule has 3 N–H and O–H groups in total. The van der Waals surface area contributed by atoms with Gasteiger partial charge in [-0.1, -0.05) is 19.3 Å². The maximum Gasteiger partial charge on any atom is 0.328 e. The van der Waals surface area contributed by atoms with Crippen LogP contribution >= 0.6 is 0 Å². The highest BCUT2D eigenvalue weighted by Crippen LogP contribution is 2.26. The number of esters is 1. The van der Waals surface area contributed by atoms with Gasteiger partial charge in [-0.2, -0.15) is 0 Å². The molecule has 0 radical (unpaired) electrons. The Bertz CT molecular complexity index is 285. The Morgan fingerprint density at radius 1 is 1.35 bits per heavy atom. The van der Waals surface area contributed by atoms with Gasteiger partial charge in [-0.25, -0.2) is 4.79 Å². The number of nitrogens with two attached hydrogens (primary N) is 1. The number of carbonyl (C=O) groups excluding carboxylic acids is 2. The van der Waals surface area contributed by atoms with Crippen LogP contribution in [0.4, 0.5) is 0 Å². The second-order valence-corrected chi connectivity index (χ2v) is 4.66. The third-order valence-electron chi connectivity index (χ3n) is 3.19. The molecule has 5 nitrogen and oxygen atoms in total. The molecule has 98 valence electrons. The van der Waals surface area contributed by atoms with E-state index in [4.69, 9.17) is 10.5 Å². The fourth-order valence-corrected chi connectivity index (χ4v) is 2.08. The van der Waals surface area contributed by atoms with Crippen molar-refractivity contribution in [1.29, 1.82) is 0 Å². The first kappa shape index (κ1) is 14.0. The Hall–Kier alpha value is -1.10. The van der Waals surface area contributed by atoms with Crippen LogP contribution in [0.2, 0.25) is 0 Å². The van der Waals surface area contributed by atoms with E-state index in [1.165, 1.54) is 0 Å². The molecule has 0 aromatic rings. The van der Waals surface area contributed by atoms with Gasteiger partial charge in [0.1, 0.15) is 6.04 Å². The number of nitrogens with one attached hydrogen (secondary N) is 1. The number of hydrogen-bond acceptors (Lipinski definition) is 4. The lowest BCUT2D eigenvalue weighted by atomic mass is 9.82. The summed E-state index contributed by atoms with van der Waals surface area (Å²) in [7, 11) is 0. The number of rotatable bonds is 4. The zero-order chi connectivity index (χ0) is 12.9. The monoisotopic (exact) mass is 242 g/mol. The highest BCUT2D eigenvalue weighted by molar-refractivity contribution is 5.90. The Labute approximate surface area is 102 Å². The third-order valence-corrected chi connectivity index (χ3v) is 3.19. The highest BCUT2D eigenvalue weighted by atomic mass is 16.5. The molecule has 0 saturated heterocycles. The smallest absolute Gasteiger partial charge is 0.328 e. The van der Waals surface area contributed by atoms with Gasteiger partial charge < -0.3 is 15.8 Å². The van der Waals surface area contributed by atoms with Crippen molar-refractivity contribution in [2.75, 3.05) is 6.61 Å². The largest absolute Gasteiger partial charge is 0.464 e. The first-order chi connectivity index (χ1) is 7.99. The zero-order valence-electron chi connectivity index (χ0n) is 10.6. The summed E-state index contributed by atoms with van der Waals surface area (Å²) in [6, 6.07) is -0.634. The molecule has 1 aliphatic rings. The molecule has 1 aliphatic carbocycles. The molecule has 1 atom stereocenters. The molecule has 1 saturated carbocycles. The molecule has 1 unspecified atom stereocenters. The number of ether oxygens (including phenoxy) is 1. The summed E-state index contributed by atoms with van der Waals surface area (Å²) < 4.78 is 4.83. The SMILES string of the molecule is CCOC(=O)C(C)NC(=O)C1(N)CCCCC1. The van der Waals surface area contributed by atoms with Crippen molar-refractivity contribution in [3.8, 4) is 0 Å². The van der Waals surface area contributed by atoms with Gasteiger partial charge in [0.05, 0.1) is 12.1 Å². The molecule has 0 heterocycles. The summed E-state index contributed by atoms with van der Waals surface area (Å²) in [4.78, 5) is 23.4. The van der Waals surface area contributed by atoms with Crippen molar-refractivity contribution in [3.05, 3.63) is 0 Å². The molecule has 0 aliphatic heterocycles. The second-order valence-electron chi connectivity index (χ2n) is 4.66. The average Bonchev–Trinajstić information content (AvgIpc) is 2.30. The molecule has 0 aromatic heterocycles. The summed E-state index contributed by atoms with van der Waals surface area (Å²) >= 11 is 0. The molecular formula is C12H22N2O3. The lowest BCUT2D eigenvalue weighted by Crippen LogP contribution is -2.57. The molecule has 5 heteroatoms. The Morgan fingerprint density at radius 2 is 1.94 bits per heavy atom. The van der Waals surface area contributed by atoms with Gasteiger partial charge >= 0.3 is 5.97 Å². The molecule has 0 bridgehead atoms. The Balaban J connectivity index is 2.50. The molecule has 0 aromatic carbocycles. The molecular weight excluding hydrogens is 220 g/mol. The summed E-state index contributed by atoms with van der Waals surface area (Å²) in [6.45, 7) is 3.66. The van der Waals surface area contributed by atoms with Crippen molar-refractivity contribution in [3.63, 3.8) is 0 Å². The van der Waals surface area contributed by atoms with Crippen molar-refractivity contribution >= 4 is 11.9 Å². The predicted octanol–water partition coefficient (Wildman–Crippen LogP) is 0.716. The van der Waals surface area contributed by atoms with E-state index in [2.05, 4.69) is 5.32 Å². The molecule has 17 heavy (non-hydrogen) atoms. The lowest BCUT2D eigenvalue weighted by Gasteiger charge is -2.32. The minimum absolute atomic E-state index is 0.238. The summed E-state index contributed by atoms with van der Waals surface area (Å²) in [5, 5.41) is 2.64. The van der Waals surface area contributed by atoms with Crippen molar-refractivity contribution in [2.45, 2.75) is 57.5 Å². The van der Waals surface area contributed by atoms with Crippen LogP contribution in [0, 0.1) is 0 Å². The van der Waals surface area contributed by atoms with Gasteiger partial charge in [0.25, 0.3) is 0 Å². The van der Waals surface area contributed by atoms with Gasteiger partial charge in [-0.15, -0.1) is 0 Å². The molecule has 1 fully saturated rings. The average molecular weight is 242 g/mol. The third kappa shape index (κ3) is 3.70. The van der Waals surface area contributed by atoms with Crippen LogP contribution in [-0.4, -0.2) is 30.1 Å². The first-order valence-electron chi connectivity index (χ1n) is 6.26. The Morgan fingerprint density at radius 3 is 2.47 bits per heavy atom. The maximum absolute atomic E-state index is 12.0. The van der Waals surface area contributed by atoms with Crippen molar-refractivity contribution in [2.24, 2.45) is 5.73 Å². The Kier molecular flexibility index (Phi) is 4.93. The van der Waals surface area contributed by atoms with Gasteiger partial charge in [0, 0.05) is 0 Å². The van der Waals surface area contributed by atoms with E-state index in [0.717, 1.165) is 19.3 Å². The van der Waals surface area contributed by atoms with Crippen LogP contribution in [-0.2, 0) is 14.3 Å². The van der Waals surface area contributed by atoms with E-state index in [0.29, 0.717) is 19.4 Å².